The van der Waals surface area contributed by atoms with Gasteiger partial charge in [-0.25, -0.2) is 4.79 Å². The average molecular weight is 380 g/mol. The molecule has 0 unspecified atom stereocenters. The number of hydrogen-bond acceptors (Lipinski definition) is 3. The summed E-state index contributed by atoms with van der Waals surface area (Å²) >= 11 is 0. The topological polar surface area (TPSA) is 44.8 Å². The molecule has 2 heterocycles. The fourth-order valence-corrected chi connectivity index (χ4v) is 4.07. The van der Waals surface area contributed by atoms with E-state index in [1.165, 1.54) is 11.1 Å². The molecule has 2 amide bonds. The molecule has 0 spiro atoms. The molecule has 2 aliphatic heterocycles. The zero-order valence-corrected chi connectivity index (χ0v) is 16.3. The summed E-state index contributed by atoms with van der Waals surface area (Å²) in [6.45, 7) is 6.13. The lowest BCUT2D eigenvalue weighted by atomic mass is 9.91. The van der Waals surface area contributed by atoms with Crippen LogP contribution in [0.2, 0.25) is 0 Å². The van der Waals surface area contributed by atoms with Crippen molar-refractivity contribution in [3.05, 3.63) is 65.7 Å². The number of nitrogens with zero attached hydrogens (tertiary/aromatic N) is 2. The maximum atomic E-state index is 12.7. The van der Waals surface area contributed by atoms with Gasteiger partial charge in [-0.1, -0.05) is 42.5 Å². The molecule has 0 radical (unpaired) electrons. The number of rotatable bonds is 4. The van der Waals surface area contributed by atoms with Crippen molar-refractivity contribution in [1.29, 1.82) is 0 Å². The highest BCUT2D eigenvalue weighted by Crippen LogP contribution is 2.27. The minimum atomic E-state index is 0.00144. The zero-order valence-electron chi connectivity index (χ0n) is 16.3. The average Bonchev–Trinajstić information content (AvgIpc) is 2.76. The smallest absolute Gasteiger partial charge is 0.321 e. The van der Waals surface area contributed by atoms with Crippen molar-refractivity contribution in [3.63, 3.8) is 0 Å². The Balaban J connectivity index is 1.31. The number of likely N-dealkylation sites (tertiary alicyclic amines) is 1. The first-order valence-corrected chi connectivity index (χ1v) is 10.3. The number of anilines is 1. The highest BCUT2D eigenvalue weighted by molar-refractivity contribution is 5.89. The fraction of sp³-hybridized carbons (Fsp3) is 0.435. The summed E-state index contributed by atoms with van der Waals surface area (Å²) in [5.41, 5.74) is 3.45. The van der Waals surface area contributed by atoms with Gasteiger partial charge in [-0.15, -0.1) is 0 Å². The molecule has 0 aliphatic carbocycles. The maximum Gasteiger partial charge on any atom is 0.321 e. The summed E-state index contributed by atoms with van der Waals surface area (Å²) in [6, 6.07) is 18.7. The van der Waals surface area contributed by atoms with E-state index in [9.17, 15) is 4.79 Å². The van der Waals surface area contributed by atoms with Crippen LogP contribution in [0.25, 0.3) is 0 Å². The molecule has 5 nitrogen and oxygen atoms in total. The van der Waals surface area contributed by atoms with Gasteiger partial charge in [-0.05, 0) is 36.1 Å². The Hall–Kier alpha value is -2.37. The lowest BCUT2D eigenvalue weighted by Crippen LogP contribution is -2.41. The summed E-state index contributed by atoms with van der Waals surface area (Å²) < 4.78 is 5.40. The van der Waals surface area contributed by atoms with Gasteiger partial charge in [-0.3, -0.25) is 4.90 Å². The van der Waals surface area contributed by atoms with E-state index in [-0.39, 0.29) is 6.03 Å². The van der Waals surface area contributed by atoms with Crippen molar-refractivity contribution in [2.75, 3.05) is 44.7 Å². The van der Waals surface area contributed by atoms with Crippen LogP contribution in [-0.2, 0) is 11.3 Å². The van der Waals surface area contributed by atoms with Crippen molar-refractivity contribution in [3.8, 4) is 0 Å². The first-order chi connectivity index (χ1) is 13.8. The van der Waals surface area contributed by atoms with E-state index < -0.39 is 0 Å². The van der Waals surface area contributed by atoms with Crippen LogP contribution >= 0.6 is 0 Å². The van der Waals surface area contributed by atoms with Gasteiger partial charge in [0, 0.05) is 44.3 Å². The monoisotopic (exact) mass is 379 g/mol. The molecule has 4 rings (SSSR count). The number of nitrogens with one attached hydrogen (secondary N) is 1. The van der Waals surface area contributed by atoms with Gasteiger partial charge >= 0.3 is 6.03 Å². The molecule has 0 aromatic heterocycles. The number of morpholine rings is 1. The molecule has 0 saturated carbocycles. The van der Waals surface area contributed by atoms with E-state index in [0.717, 1.165) is 64.5 Å². The number of carbonyl (C=O) groups is 1. The third kappa shape index (κ3) is 4.91. The summed E-state index contributed by atoms with van der Waals surface area (Å²) in [7, 11) is 0. The summed E-state index contributed by atoms with van der Waals surface area (Å²) in [5, 5.41) is 3.07. The molecule has 2 aromatic carbocycles. The van der Waals surface area contributed by atoms with Gasteiger partial charge in [0.05, 0.1) is 13.2 Å². The van der Waals surface area contributed by atoms with E-state index in [4.69, 9.17) is 4.74 Å². The van der Waals surface area contributed by atoms with Crippen LogP contribution in [0.1, 0.15) is 29.9 Å². The van der Waals surface area contributed by atoms with E-state index in [1.807, 2.05) is 23.1 Å². The molecule has 2 aromatic rings. The number of urea groups is 1. The molecule has 2 aliphatic rings. The molecule has 2 fully saturated rings. The van der Waals surface area contributed by atoms with Crippen molar-refractivity contribution < 1.29 is 9.53 Å². The number of hydrogen-bond donors (Lipinski definition) is 1. The van der Waals surface area contributed by atoms with Crippen LogP contribution in [0.4, 0.5) is 10.5 Å². The van der Waals surface area contributed by atoms with Crippen LogP contribution < -0.4 is 5.32 Å². The Labute approximate surface area is 167 Å². The SMILES string of the molecule is O=C(Nc1ccc(CN2CCOCC2)cc1)N1CCC[C@H](c2ccccc2)C1. The Bertz CT molecular complexity index is 757. The second-order valence-corrected chi connectivity index (χ2v) is 7.71. The minimum Gasteiger partial charge on any atom is -0.379 e. The van der Waals surface area contributed by atoms with Gasteiger partial charge in [0.15, 0.2) is 0 Å². The molecular formula is C23H29N3O2. The first-order valence-electron chi connectivity index (χ1n) is 10.3. The number of amides is 2. The maximum absolute atomic E-state index is 12.7. The minimum absolute atomic E-state index is 0.00144. The molecule has 2 saturated heterocycles. The van der Waals surface area contributed by atoms with E-state index in [1.54, 1.807) is 0 Å². The number of carbonyl (C=O) groups excluding carboxylic acids is 1. The molecule has 1 atom stereocenters. The Morgan fingerprint density at radius 2 is 1.75 bits per heavy atom. The van der Waals surface area contributed by atoms with Crippen molar-refractivity contribution in [2.24, 2.45) is 0 Å². The van der Waals surface area contributed by atoms with Gasteiger partial charge in [0.25, 0.3) is 0 Å². The lowest BCUT2D eigenvalue weighted by Gasteiger charge is -2.33. The summed E-state index contributed by atoms with van der Waals surface area (Å²) in [5.74, 6) is 0.427. The predicted molar refractivity (Wildman–Crippen MR) is 112 cm³/mol. The third-order valence-corrected chi connectivity index (χ3v) is 5.69. The van der Waals surface area contributed by atoms with Crippen LogP contribution in [0, 0.1) is 0 Å². The Morgan fingerprint density at radius 3 is 2.50 bits per heavy atom. The van der Waals surface area contributed by atoms with Gasteiger partial charge in [-0.2, -0.15) is 0 Å². The highest BCUT2D eigenvalue weighted by atomic mass is 16.5. The normalized spacial score (nSPS) is 20.7. The van der Waals surface area contributed by atoms with E-state index in [0.29, 0.717) is 5.92 Å². The predicted octanol–water partition coefficient (Wildman–Crippen LogP) is 3.93. The van der Waals surface area contributed by atoms with E-state index >= 15 is 0 Å². The third-order valence-electron chi connectivity index (χ3n) is 5.69. The van der Waals surface area contributed by atoms with Crippen LogP contribution in [0.15, 0.2) is 54.6 Å². The first kappa shape index (κ1) is 19.0. The largest absolute Gasteiger partial charge is 0.379 e. The molecule has 0 bridgehead atoms. The standard InChI is InChI=1S/C23H29N3O2/c27-23(26-12-4-7-21(18-26)20-5-2-1-3-6-20)24-22-10-8-19(9-11-22)17-25-13-15-28-16-14-25/h1-3,5-6,8-11,21H,4,7,12-18H2,(H,24,27)/t21-/m0/s1. The van der Waals surface area contributed by atoms with Crippen LogP contribution in [0.5, 0.6) is 0 Å². The molecule has 28 heavy (non-hydrogen) atoms. The van der Waals surface area contributed by atoms with Crippen molar-refractivity contribution in [2.45, 2.75) is 25.3 Å². The Morgan fingerprint density at radius 1 is 1.00 bits per heavy atom. The second-order valence-electron chi connectivity index (χ2n) is 7.71. The molecular weight excluding hydrogens is 350 g/mol. The quantitative estimate of drug-likeness (QED) is 0.875. The lowest BCUT2D eigenvalue weighted by molar-refractivity contribution is 0.0342. The van der Waals surface area contributed by atoms with Crippen LogP contribution in [0.3, 0.4) is 0 Å². The molecule has 1 N–H and O–H groups in total. The van der Waals surface area contributed by atoms with Crippen molar-refractivity contribution >= 4 is 11.7 Å². The summed E-state index contributed by atoms with van der Waals surface area (Å²) in [6.07, 6.45) is 2.19. The number of ether oxygens (including phenoxy) is 1. The van der Waals surface area contributed by atoms with Gasteiger partial charge < -0.3 is 15.0 Å². The van der Waals surface area contributed by atoms with Gasteiger partial charge in [0.1, 0.15) is 0 Å². The number of benzene rings is 2. The van der Waals surface area contributed by atoms with Crippen LogP contribution in [-0.4, -0.2) is 55.2 Å². The second kappa shape index (κ2) is 9.22. The zero-order chi connectivity index (χ0) is 19.2. The molecule has 148 valence electrons. The fourth-order valence-electron chi connectivity index (χ4n) is 4.07. The highest BCUT2D eigenvalue weighted by Gasteiger charge is 2.24. The molecule has 5 heteroatoms. The van der Waals surface area contributed by atoms with E-state index in [2.05, 4.69) is 46.6 Å². The Kier molecular flexibility index (Phi) is 6.24. The van der Waals surface area contributed by atoms with Gasteiger partial charge in [0.2, 0.25) is 0 Å². The van der Waals surface area contributed by atoms with Crippen molar-refractivity contribution in [1.82, 2.24) is 9.80 Å². The number of piperidine rings is 1. The summed E-state index contributed by atoms with van der Waals surface area (Å²) in [4.78, 5) is 17.1.